The van der Waals surface area contributed by atoms with E-state index in [1.165, 1.54) is 0 Å². The van der Waals surface area contributed by atoms with Crippen molar-refractivity contribution in [3.63, 3.8) is 0 Å². The number of rotatable bonds is 5. The fourth-order valence-electron chi connectivity index (χ4n) is 2.74. The molecule has 0 heterocycles. The zero-order valence-corrected chi connectivity index (χ0v) is 10.9. The fraction of sp³-hybridized carbons (Fsp3) is 0.786. The molecule has 1 fully saturated rings. The van der Waals surface area contributed by atoms with Crippen LogP contribution in [-0.4, -0.2) is 17.9 Å². The fourth-order valence-corrected chi connectivity index (χ4v) is 2.74. The highest BCUT2D eigenvalue weighted by molar-refractivity contribution is 5.87. The zero-order chi connectivity index (χ0) is 13.0. The van der Waals surface area contributed by atoms with Gasteiger partial charge in [-0.1, -0.05) is 13.8 Å². The van der Waals surface area contributed by atoms with Crippen molar-refractivity contribution >= 4 is 17.9 Å². The lowest BCUT2D eigenvalue weighted by Gasteiger charge is -2.34. The average Bonchev–Trinajstić information content (AvgIpc) is 2.27. The summed E-state index contributed by atoms with van der Waals surface area (Å²) >= 11 is 0. The number of Topliss-reactive ketones (excluding diaryl/α,β-unsaturated/α-hetero) is 2. The van der Waals surface area contributed by atoms with Gasteiger partial charge in [-0.05, 0) is 32.1 Å². The van der Waals surface area contributed by atoms with Gasteiger partial charge in [0.15, 0.2) is 0 Å². The summed E-state index contributed by atoms with van der Waals surface area (Å²) < 4.78 is 0. The standard InChI is InChI=1S/C14H22O3/c1-9-4-6-13(10(2)8-15)14(17)12(9)7-5-11(3)16/h8-10,12-13H,4-7H2,1-3H3/t9-,10+,12+,13-/m1/s1. The first-order valence-electron chi connectivity index (χ1n) is 6.45. The Morgan fingerprint density at radius 1 is 1.47 bits per heavy atom. The van der Waals surface area contributed by atoms with Crippen molar-refractivity contribution in [1.82, 2.24) is 0 Å². The minimum atomic E-state index is -0.185. The molecule has 0 N–H and O–H groups in total. The second-order valence-electron chi connectivity index (χ2n) is 5.41. The van der Waals surface area contributed by atoms with Gasteiger partial charge in [0.25, 0.3) is 0 Å². The largest absolute Gasteiger partial charge is 0.303 e. The van der Waals surface area contributed by atoms with Gasteiger partial charge in [0, 0.05) is 24.2 Å². The summed E-state index contributed by atoms with van der Waals surface area (Å²) in [5.41, 5.74) is 0. The lowest BCUT2D eigenvalue weighted by molar-refractivity contribution is -0.135. The molecule has 1 rings (SSSR count). The van der Waals surface area contributed by atoms with E-state index >= 15 is 0 Å². The Kier molecular flexibility index (Phi) is 5.03. The van der Waals surface area contributed by atoms with Crippen molar-refractivity contribution in [2.75, 3.05) is 0 Å². The molecular formula is C14H22O3. The second-order valence-corrected chi connectivity index (χ2v) is 5.41. The summed E-state index contributed by atoms with van der Waals surface area (Å²) in [6.45, 7) is 5.45. The van der Waals surface area contributed by atoms with Crippen molar-refractivity contribution < 1.29 is 14.4 Å². The number of hydrogen-bond donors (Lipinski definition) is 0. The highest BCUT2D eigenvalue weighted by Gasteiger charge is 2.37. The van der Waals surface area contributed by atoms with Gasteiger partial charge in [-0.2, -0.15) is 0 Å². The van der Waals surface area contributed by atoms with Gasteiger partial charge in [0.05, 0.1) is 0 Å². The van der Waals surface area contributed by atoms with Crippen molar-refractivity contribution in [3.8, 4) is 0 Å². The molecule has 96 valence electrons. The van der Waals surface area contributed by atoms with E-state index in [4.69, 9.17) is 0 Å². The van der Waals surface area contributed by atoms with Gasteiger partial charge < -0.3 is 9.59 Å². The maximum absolute atomic E-state index is 12.3. The molecule has 17 heavy (non-hydrogen) atoms. The van der Waals surface area contributed by atoms with Crippen LogP contribution in [0, 0.1) is 23.7 Å². The lowest BCUT2D eigenvalue weighted by atomic mass is 9.68. The van der Waals surface area contributed by atoms with Crippen LogP contribution in [0.15, 0.2) is 0 Å². The second kappa shape index (κ2) is 6.08. The van der Waals surface area contributed by atoms with E-state index in [-0.39, 0.29) is 29.3 Å². The Hall–Kier alpha value is -0.990. The molecular weight excluding hydrogens is 216 g/mol. The number of carbonyl (C=O) groups excluding carboxylic acids is 3. The van der Waals surface area contributed by atoms with Crippen LogP contribution in [0.25, 0.3) is 0 Å². The van der Waals surface area contributed by atoms with E-state index < -0.39 is 0 Å². The molecule has 3 nitrogen and oxygen atoms in total. The summed E-state index contributed by atoms with van der Waals surface area (Å²) in [4.78, 5) is 34.1. The molecule has 0 saturated heterocycles. The zero-order valence-electron chi connectivity index (χ0n) is 10.9. The minimum absolute atomic E-state index is 0.0277. The number of ketones is 2. The van der Waals surface area contributed by atoms with Gasteiger partial charge in [-0.3, -0.25) is 4.79 Å². The normalized spacial score (nSPS) is 31.0. The van der Waals surface area contributed by atoms with E-state index in [0.29, 0.717) is 18.8 Å². The molecule has 1 saturated carbocycles. The molecule has 4 atom stereocenters. The first-order valence-corrected chi connectivity index (χ1v) is 6.45. The van der Waals surface area contributed by atoms with E-state index in [0.717, 1.165) is 19.1 Å². The predicted molar refractivity (Wildman–Crippen MR) is 65.5 cm³/mol. The molecule has 0 spiro atoms. The molecule has 0 aliphatic heterocycles. The quantitative estimate of drug-likeness (QED) is 0.691. The van der Waals surface area contributed by atoms with Crippen molar-refractivity contribution in [1.29, 1.82) is 0 Å². The Bertz CT molecular complexity index is 309. The SMILES string of the molecule is CC(=O)CC[C@@H]1C(=O)[C@@H]([C@@H](C)C=O)CC[C@H]1C. The third-order valence-corrected chi connectivity index (χ3v) is 4.01. The molecule has 0 bridgehead atoms. The number of aldehydes is 1. The Labute approximate surface area is 103 Å². The Morgan fingerprint density at radius 3 is 2.65 bits per heavy atom. The van der Waals surface area contributed by atoms with Crippen molar-refractivity contribution in [3.05, 3.63) is 0 Å². The Balaban J connectivity index is 2.69. The van der Waals surface area contributed by atoms with Gasteiger partial charge in [-0.25, -0.2) is 0 Å². The molecule has 0 unspecified atom stereocenters. The predicted octanol–water partition coefficient (Wildman–Crippen LogP) is 2.42. The molecule has 1 aliphatic carbocycles. The van der Waals surface area contributed by atoms with Crippen molar-refractivity contribution in [2.24, 2.45) is 23.7 Å². The summed E-state index contributed by atoms with van der Waals surface area (Å²) in [6, 6.07) is 0. The molecule has 1 aliphatic rings. The summed E-state index contributed by atoms with van der Waals surface area (Å²) in [6.07, 6.45) is 3.80. The average molecular weight is 238 g/mol. The van der Waals surface area contributed by atoms with Gasteiger partial charge in [0.2, 0.25) is 0 Å². The highest BCUT2D eigenvalue weighted by atomic mass is 16.1. The maximum Gasteiger partial charge on any atom is 0.140 e. The molecule has 0 aromatic heterocycles. The third-order valence-electron chi connectivity index (χ3n) is 4.01. The lowest BCUT2D eigenvalue weighted by Crippen LogP contribution is -2.37. The molecule has 0 radical (unpaired) electrons. The van der Waals surface area contributed by atoms with Crippen LogP contribution in [-0.2, 0) is 14.4 Å². The monoisotopic (exact) mass is 238 g/mol. The van der Waals surface area contributed by atoms with Crippen LogP contribution in [0.2, 0.25) is 0 Å². The third kappa shape index (κ3) is 3.48. The molecule has 0 aromatic rings. The van der Waals surface area contributed by atoms with Crippen LogP contribution < -0.4 is 0 Å². The first-order chi connectivity index (χ1) is 7.97. The maximum atomic E-state index is 12.3. The topological polar surface area (TPSA) is 51.2 Å². The van der Waals surface area contributed by atoms with Gasteiger partial charge in [0.1, 0.15) is 17.9 Å². The van der Waals surface area contributed by atoms with E-state index in [1.54, 1.807) is 6.92 Å². The van der Waals surface area contributed by atoms with Gasteiger partial charge >= 0.3 is 0 Å². The first kappa shape index (κ1) is 14.1. The van der Waals surface area contributed by atoms with Gasteiger partial charge in [-0.15, -0.1) is 0 Å². The Morgan fingerprint density at radius 2 is 2.12 bits per heavy atom. The van der Waals surface area contributed by atoms with Crippen LogP contribution in [0.1, 0.15) is 46.5 Å². The van der Waals surface area contributed by atoms with Crippen LogP contribution in [0.4, 0.5) is 0 Å². The summed E-state index contributed by atoms with van der Waals surface area (Å²) in [5, 5.41) is 0. The van der Waals surface area contributed by atoms with Crippen LogP contribution in [0.3, 0.4) is 0 Å². The summed E-state index contributed by atoms with van der Waals surface area (Å²) in [7, 11) is 0. The molecule has 0 aromatic carbocycles. The van der Waals surface area contributed by atoms with E-state index in [9.17, 15) is 14.4 Å². The highest BCUT2D eigenvalue weighted by Crippen LogP contribution is 2.36. The smallest absolute Gasteiger partial charge is 0.140 e. The number of carbonyl (C=O) groups is 3. The van der Waals surface area contributed by atoms with Crippen molar-refractivity contribution in [2.45, 2.75) is 46.5 Å². The van der Waals surface area contributed by atoms with Crippen LogP contribution >= 0.6 is 0 Å². The molecule has 3 heteroatoms. The number of hydrogen-bond acceptors (Lipinski definition) is 3. The van der Waals surface area contributed by atoms with E-state index in [1.807, 2.05) is 6.92 Å². The minimum Gasteiger partial charge on any atom is -0.303 e. The summed E-state index contributed by atoms with van der Waals surface area (Å²) in [5.74, 6) is 0.340. The van der Waals surface area contributed by atoms with Crippen LogP contribution in [0.5, 0.6) is 0 Å². The van der Waals surface area contributed by atoms with E-state index in [2.05, 4.69) is 6.92 Å². The molecule has 0 amide bonds.